The number of hydrogen-bond acceptors (Lipinski definition) is 10. The summed E-state index contributed by atoms with van der Waals surface area (Å²) in [7, 11) is 2.64. The van der Waals surface area contributed by atoms with Gasteiger partial charge in [0.1, 0.15) is 35.8 Å². The molecule has 66 heavy (non-hydrogen) atoms. The van der Waals surface area contributed by atoms with E-state index in [0.29, 0.717) is 48.7 Å². The number of carbonyl (C=O) groups excluding carboxylic acids is 4. The number of ether oxygens (including phenoxy) is 6. The van der Waals surface area contributed by atoms with Crippen molar-refractivity contribution >= 4 is 23.9 Å². The Kier molecular flexibility index (Phi) is 16.9. The van der Waals surface area contributed by atoms with Crippen LogP contribution >= 0.6 is 0 Å². The van der Waals surface area contributed by atoms with E-state index in [-0.39, 0.29) is 36.3 Å². The zero-order chi connectivity index (χ0) is 46.7. The third-order valence-corrected chi connectivity index (χ3v) is 9.82. The van der Waals surface area contributed by atoms with Crippen LogP contribution in [-0.4, -0.2) is 51.3 Å². The molecule has 10 heteroatoms. The Hall–Kier alpha value is -8.52. The lowest BCUT2D eigenvalue weighted by Crippen LogP contribution is -2.06. The molecule has 0 fully saturated rings. The molecule has 10 nitrogen and oxygen atoms in total. The maximum atomic E-state index is 12.7. The van der Waals surface area contributed by atoms with Crippen molar-refractivity contribution in [3.05, 3.63) is 200 Å². The molecule has 0 amide bonds. The van der Waals surface area contributed by atoms with Crippen LogP contribution in [-0.2, 0) is 54.6 Å². The van der Waals surface area contributed by atoms with Gasteiger partial charge in [-0.25, -0.2) is 9.59 Å². The molecule has 0 unspecified atom stereocenters. The molecule has 0 aromatic heterocycles. The highest BCUT2D eigenvalue weighted by Crippen LogP contribution is 2.24. The fraction of sp³-hybridized carbons (Fsp3) is 0.179. The van der Waals surface area contributed by atoms with Crippen molar-refractivity contribution in [1.82, 2.24) is 0 Å². The fourth-order valence-corrected chi connectivity index (χ4v) is 6.26. The first kappa shape index (κ1) is 47.0. The van der Waals surface area contributed by atoms with Gasteiger partial charge in [-0.05, 0) is 107 Å². The van der Waals surface area contributed by atoms with Crippen LogP contribution in [0.5, 0.6) is 11.5 Å². The van der Waals surface area contributed by atoms with Crippen LogP contribution < -0.4 is 9.47 Å². The number of esters is 4. The summed E-state index contributed by atoms with van der Waals surface area (Å²) in [6.45, 7) is 3.85. The summed E-state index contributed by atoms with van der Waals surface area (Å²) in [5.41, 5.74) is 8.85. The molecule has 6 aromatic carbocycles. The Morgan fingerprint density at radius 3 is 0.985 bits per heavy atom. The molecule has 0 heterocycles. The molecule has 0 aliphatic carbocycles. The van der Waals surface area contributed by atoms with Crippen molar-refractivity contribution in [3.63, 3.8) is 0 Å². The minimum atomic E-state index is -0.534. The number of carbonyl (C=O) groups is 4. The Morgan fingerprint density at radius 1 is 0.394 bits per heavy atom. The van der Waals surface area contributed by atoms with E-state index < -0.39 is 11.9 Å². The van der Waals surface area contributed by atoms with E-state index in [1.54, 1.807) is 36.4 Å². The second-order valence-electron chi connectivity index (χ2n) is 14.7. The molecule has 0 bridgehead atoms. The predicted molar refractivity (Wildman–Crippen MR) is 249 cm³/mol. The van der Waals surface area contributed by atoms with E-state index >= 15 is 0 Å². The van der Waals surface area contributed by atoms with Crippen molar-refractivity contribution in [2.45, 2.75) is 39.9 Å². The molecule has 0 aliphatic rings. The van der Waals surface area contributed by atoms with Crippen LogP contribution in [0.15, 0.2) is 133 Å². The zero-order valence-corrected chi connectivity index (χ0v) is 37.0. The summed E-state index contributed by atoms with van der Waals surface area (Å²) in [5, 5.41) is 0. The third-order valence-electron chi connectivity index (χ3n) is 9.82. The number of benzene rings is 6. The molecule has 0 aliphatic heterocycles. The molecule has 6 rings (SSSR count). The van der Waals surface area contributed by atoms with E-state index in [4.69, 9.17) is 28.4 Å². The Morgan fingerprint density at radius 2 is 0.682 bits per heavy atom. The highest BCUT2D eigenvalue weighted by Gasteiger charge is 2.16. The molecule has 0 N–H and O–H groups in total. The van der Waals surface area contributed by atoms with Crippen molar-refractivity contribution < 1.29 is 47.6 Å². The summed E-state index contributed by atoms with van der Waals surface area (Å²) in [4.78, 5) is 47.4. The van der Waals surface area contributed by atoms with Crippen molar-refractivity contribution in [2.75, 3.05) is 27.4 Å². The summed E-state index contributed by atoms with van der Waals surface area (Å²) in [5.74, 6) is 17.9. The normalized spacial score (nSPS) is 10.1. The molecular weight excluding hydrogens is 833 g/mol. The van der Waals surface area contributed by atoms with Gasteiger partial charge in [0, 0.05) is 60.1 Å². The second kappa shape index (κ2) is 23.8. The largest absolute Gasteiger partial charge is 0.488 e. The monoisotopic (exact) mass is 878 g/mol. The van der Waals surface area contributed by atoms with E-state index in [1.165, 1.54) is 28.1 Å². The topological polar surface area (TPSA) is 124 Å². The molecule has 0 saturated heterocycles. The van der Waals surface area contributed by atoms with Crippen LogP contribution in [0.2, 0.25) is 0 Å². The maximum Gasteiger partial charge on any atom is 0.341 e. The van der Waals surface area contributed by atoms with Crippen LogP contribution in [0.4, 0.5) is 0 Å². The quantitative estimate of drug-likeness (QED) is 0.0596. The van der Waals surface area contributed by atoms with E-state index in [9.17, 15) is 19.2 Å². The van der Waals surface area contributed by atoms with Gasteiger partial charge in [0.2, 0.25) is 0 Å². The van der Waals surface area contributed by atoms with Gasteiger partial charge in [-0.2, -0.15) is 0 Å². The van der Waals surface area contributed by atoms with Crippen LogP contribution in [0.1, 0.15) is 90.2 Å². The zero-order valence-electron chi connectivity index (χ0n) is 37.0. The second-order valence-corrected chi connectivity index (χ2v) is 14.7. The van der Waals surface area contributed by atoms with Crippen molar-refractivity contribution in [2.24, 2.45) is 0 Å². The predicted octanol–water partition coefficient (Wildman–Crippen LogP) is 8.83. The summed E-state index contributed by atoms with van der Waals surface area (Å²) < 4.78 is 32.2. The number of rotatable bonds is 14. The van der Waals surface area contributed by atoms with Gasteiger partial charge < -0.3 is 28.4 Å². The lowest BCUT2D eigenvalue weighted by molar-refractivity contribution is -0.141. The van der Waals surface area contributed by atoms with Gasteiger partial charge in [-0.3, -0.25) is 9.59 Å². The SMILES string of the molecule is COC(=O)c1cc(C#Cc2ccc(CCOC(C)=O)cc2)ccc1OCc1ccc(C#Cc2ccc(COc3ccc(C#Cc4ccc(CCOC(C)=O)cc4)cc3C(=O)OC)cc2)cc1. The maximum absolute atomic E-state index is 12.7. The van der Waals surface area contributed by atoms with Crippen LogP contribution in [0.25, 0.3) is 0 Å². The van der Waals surface area contributed by atoms with Gasteiger partial charge in [0.15, 0.2) is 0 Å². The molecule has 0 atom stereocenters. The van der Waals surface area contributed by atoms with Gasteiger partial charge in [0.05, 0.1) is 27.4 Å². The standard InChI is InChI=1S/C56H46O10/c1-39(57)63-33-31-45-11-7-41(8-12-45)15-21-47-27-29-53(51(35-47)55(59)61-3)65-37-49-23-17-43(18-24-49)5-6-44-19-25-50(26-20-44)38-66-54-30-28-48(36-52(54)56(60)62-4)22-16-42-9-13-46(14-10-42)32-34-64-40(2)58/h7-14,17-20,23-30,35-36H,31-34,37-38H2,1-4H3. The molecule has 0 spiro atoms. The highest BCUT2D eigenvalue weighted by atomic mass is 16.5. The molecule has 0 saturated carbocycles. The number of methoxy groups -OCH3 is 2. The molecule has 330 valence electrons. The molecular formula is C56H46O10. The summed E-state index contributed by atoms with van der Waals surface area (Å²) in [6.07, 6.45) is 1.24. The lowest BCUT2D eigenvalue weighted by Gasteiger charge is -2.11. The van der Waals surface area contributed by atoms with Gasteiger partial charge in [0.25, 0.3) is 0 Å². The average molecular weight is 879 g/mol. The Balaban J connectivity index is 1.01. The third kappa shape index (κ3) is 14.5. The highest BCUT2D eigenvalue weighted by molar-refractivity contribution is 5.93. The first-order valence-electron chi connectivity index (χ1n) is 20.9. The van der Waals surface area contributed by atoms with E-state index in [0.717, 1.165) is 44.5 Å². The summed E-state index contributed by atoms with van der Waals surface area (Å²) >= 11 is 0. The Bertz CT molecular complexity index is 2660. The molecule has 6 aromatic rings. The van der Waals surface area contributed by atoms with Gasteiger partial charge in [-0.15, -0.1) is 0 Å². The van der Waals surface area contributed by atoms with E-state index in [2.05, 4.69) is 35.5 Å². The summed E-state index contributed by atoms with van der Waals surface area (Å²) in [6, 6.07) is 41.0. The Labute approximate surface area is 384 Å². The first-order valence-corrected chi connectivity index (χ1v) is 20.9. The molecule has 0 radical (unpaired) electrons. The van der Waals surface area contributed by atoms with Crippen LogP contribution in [0, 0.1) is 35.5 Å². The average Bonchev–Trinajstić information content (AvgIpc) is 3.34. The fourth-order valence-electron chi connectivity index (χ4n) is 6.26. The van der Waals surface area contributed by atoms with Crippen molar-refractivity contribution in [3.8, 4) is 47.0 Å². The van der Waals surface area contributed by atoms with Crippen molar-refractivity contribution in [1.29, 1.82) is 0 Å². The van der Waals surface area contributed by atoms with Gasteiger partial charge >= 0.3 is 23.9 Å². The first-order chi connectivity index (χ1) is 32.0. The minimum Gasteiger partial charge on any atom is -0.488 e. The smallest absolute Gasteiger partial charge is 0.341 e. The minimum absolute atomic E-state index is 0.216. The van der Waals surface area contributed by atoms with E-state index in [1.807, 2.05) is 97.1 Å². The van der Waals surface area contributed by atoms with Gasteiger partial charge in [-0.1, -0.05) is 84.1 Å². The lowest BCUT2D eigenvalue weighted by atomic mass is 10.1. The number of hydrogen-bond donors (Lipinski definition) is 0. The van der Waals surface area contributed by atoms with Crippen LogP contribution in [0.3, 0.4) is 0 Å².